The predicted octanol–water partition coefficient (Wildman–Crippen LogP) is 1.48. The van der Waals surface area contributed by atoms with Crippen molar-refractivity contribution in [1.29, 1.82) is 4.78 Å². The maximum atomic E-state index is 11.8. The van der Waals surface area contributed by atoms with Crippen molar-refractivity contribution in [2.24, 2.45) is 13.0 Å². The SMILES string of the molecule is CC(C)C[S@](=N)(=O)c1cnn(C)c1. The molecule has 0 aromatic carbocycles. The fourth-order valence-corrected chi connectivity index (χ4v) is 2.81. The summed E-state index contributed by atoms with van der Waals surface area (Å²) >= 11 is 0. The number of aromatic nitrogens is 2. The van der Waals surface area contributed by atoms with Crippen molar-refractivity contribution in [1.82, 2.24) is 9.78 Å². The molecule has 1 heterocycles. The van der Waals surface area contributed by atoms with E-state index in [9.17, 15) is 4.21 Å². The van der Waals surface area contributed by atoms with E-state index >= 15 is 0 Å². The van der Waals surface area contributed by atoms with Crippen LogP contribution < -0.4 is 0 Å². The molecule has 0 aliphatic carbocycles. The molecular weight excluding hydrogens is 186 g/mol. The Balaban J connectivity index is 2.95. The van der Waals surface area contributed by atoms with Crippen LogP contribution in [-0.4, -0.2) is 19.7 Å². The molecule has 0 radical (unpaired) electrons. The van der Waals surface area contributed by atoms with Crippen LogP contribution in [0.2, 0.25) is 0 Å². The zero-order chi connectivity index (χ0) is 10.1. The molecule has 4 nitrogen and oxygen atoms in total. The predicted molar refractivity (Wildman–Crippen MR) is 52.0 cm³/mol. The Bertz CT molecular complexity index is 378. The first-order valence-corrected chi connectivity index (χ1v) is 5.89. The molecule has 13 heavy (non-hydrogen) atoms. The molecule has 1 N–H and O–H groups in total. The summed E-state index contributed by atoms with van der Waals surface area (Å²) in [6.45, 7) is 3.93. The van der Waals surface area contributed by atoms with Gasteiger partial charge in [0.25, 0.3) is 0 Å². The molecule has 0 saturated carbocycles. The first-order valence-electron chi connectivity index (χ1n) is 4.17. The van der Waals surface area contributed by atoms with Gasteiger partial charge in [-0.05, 0) is 5.92 Å². The summed E-state index contributed by atoms with van der Waals surface area (Å²) in [5.41, 5.74) is 0. The quantitative estimate of drug-likeness (QED) is 0.805. The van der Waals surface area contributed by atoms with Crippen molar-refractivity contribution in [3.63, 3.8) is 0 Å². The highest BCUT2D eigenvalue weighted by molar-refractivity contribution is 7.92. The van der Waals surface area contributed by atoms with Crippen LogP contribution in [0.25, 0.3) is 0 Å². The Kier molecular flexibility index (Phi) is 2.75. The molecule has 1 atom stereocenters. The molecule has 0 spiro atoms. The summed E-state index contributed by atoms with van der Waals surface area (Å²) in [6, 6.07) is 0. The minimum absolute atomic E-state index is 0.269. The molecule has 1 aromatic rings. The number of hydrogen-bond acceptors (Lipinski definition) is 3. The molecule has 0 bridgehead atoms. The third-order valence-electron chi connectivity index (χ3n) is 1.63. The first-order chi connectivity index (χ1) is 5.92. The van der Waals surface area contributed by atoms with Gasteiger partial charge in [0.2, 0.25) is 0 Å². The van der Waals surface area contributed by atoms with E-state index in [-0.39, 0.29) is 5.92 Å². The zero-order valence-electron chi connectivity index (χ0n) is 8.15. The standard InChI is InChI=1S/C8H15N3OS/c1-7(2)6-13(9,12)8-4-10-11(3)5-8/h4-5,7,9H,6H2,1-3H3/t13-/m0/s1. The van der Waals surface area contributed by atoms with Crippen LogP contribution in [0.5, 0.6) is 0 Å². The maximum absolute atomic E-state index is 11.8. The highest BCUT2D eigenvalue weighted by Crippen LogP contribution is 2.13. The molecule has 0 fully saturated rings. The van der Waals surface area contributed by atoms with E-state index in [2.05, 4.69) is 5.10 Å². The fourth-order valence-electron chi connectivity index (χ4n) is 1.13. The van der Waals surface area contributed by atoms with Crippen LogP contribution in [0.1, 0.15) is 13.8 Å². The average molecular weight is 201 g/mol. The van der Waals surface area contributed by atoms with Gasteiger partial charge in [-0.2, -0.15) is 5.10 Å². The van der Waals surface area contributed by atoms with Crippen LogP contribution >= 0.6 is 0 Å². The van der Waals surface area contributed by atoms with Crippen LogP contribution in [0, 0.1) is 10.7 Å². The number of hydrogen-bond donors (Lipinski definition) is 1. The van der Waals surface area contributed by atoms with Crippen molar-refractivity contribution in [2.45, 2.75) is 18.7 Å². The lowest BCUT2D eigenvalue weighted by molar-refractivity contribution is 0.655. The monoisotopic (exact) mass is 201 g/mol. The van der Waals surface area contributed by atoms with Crippen LogP contribution in [0.15, 0.2) is 17.3 Å². The molecule has 0 amide bonds. The average Bonchev–Trinajstić information content (AvgIpc) is 2.32. The van der Waals surface area contributed by atoms with E-state index in [0.717, 1.165) is 0 Å². The van der Waals surface area contributed by atoms with Gasteiger partial charge in [0.1, 0.15) is 0 Å². The van der Waals surface area contributed by atoms with E-state index in [1.54, 1.807) is 17.9 Å². The van der Waals surface area contributed by atoms with E-state index in [4.69, 9.17) is 4.78 Å². The van der Waals surface area contributed by atoms with Crippen LogP contribution in [-0.2, 0) is 16.8 Å². The van der Waals surface area contributed by atoms with Crippen molar-refractivity contribution in [3.8, 4) is 0 Å². The Morgan fingerprint density at radius 2 is 2.31 bits per heavy atom. The van der Waals surface area contributed by atoms with E-state index < -0.39 is 9.73 Å². The largest absolute Gasteiger partial charge is 0.275 e. The van der Waals surface area contributed by atoms with E-state index in [1.807, 2.05) is 13.8 Å². The zero-order valence-corrected chi connectivity index (χ0v) is 8.97. The molecule has 0 aliphatic rings. The van der Waals surface area contributed by atoms with Crippen molar-refractivity contribution < 1.29 is 4.21 Å². The molecule has 1 aromatic heterocycles. The number of aryl methyl sites for hydroxylation is 1. The van der Waals surface area contributed by atoms with Crippen LogP contribution in [0.3, 0.4) is 0 Å². The lowest BCUT2D eigenvalue weighted by atomic mass is 10.3. The Morgan fingerprint density at radius 3 is 2.69 bits per heavy atom. The Hall–Kier alpha value is -0.840. The van der Waals surface area contributed by atoms with Gasteiger partial charge in [0, 0.05) is 19.0 Å². The van der Waals surface area contributed by atoms with Gasteiger partial charge >= 0.3 is 0 Å². The second kappa shape index (κ2) is 3.49. The minimum atomic E-state index is -2.62. The molecular formula is C8H15N3OS. The Labute approximate surface area is 78.9 Å². The van der Waals surface area contributed by atoms with Gasteiger partial charge < -0.3 is 0 Å². The second-order valence-corrected chi connectivity index (χ2v) is 5.74. The summed E-state index contributed by atoms with van der Waals surface area (Å²) in [6.07, 6.45) is 3.16. The van der Waals surface area contributed by atoms with Crippen molar-refractivity contribution >= 4 is 9.73 Å². The third kappa shape index (κ3) is 2.55. The fraction of sp³-hybridized carbons (Fsp3) is 0.625. The highest BCUT2D eigenvalue weighted by Gasteiger charge is 2.13. The minimum Gasteiger partial charge on any atom is -0.275 e. The van der Waals surface area contributed by atoms with Crippen molar-refractivity contribution in [3.05, 3.63) is 12.4 Å². The summed E-state index contributed by atoms with van der Waals surface area (Å²) in [7, 11) is -0.864. The topological polar surface area (TPSA) is 58.7 Å². The molecule has 0 saturated heterocycles. The van der Waals surface area contributed by atoms with Gasteiger partial charge in [-0.15, -0.1) is 0 Å². The third-order valence-corrected chi connectivity index (χ3v) is 3.74. The lowest BCUT2D eigenvalue weighted by Gasteiger charge is -2.06. The van der Waals surface area contributed by atoms with Gasteiger partial charge in [-0.25, -0.2) is 8.99 Å². The summed E-state index contributed by atoms with van der Waals surface area (Å²) < 4.78 is 21.1. The molecule has 0 unspecified atom stereocenters. The van der Waals surface area contributed by atoms with Crippen LogP contribution in [0.4, 0.5) is 0 Å². The smallest absolute Gasteiger partial charge is 0.0851 e. The molecule has 74 valence electrons. The normalized spacial score (nSPS) is 16.0. The number of nitrogens with zero attached hydrogens (tertiary/aromatic N) is 2. The first kappa shape index (κ1) is 10.2. The van der Waals surface area contributed by atoms with Gasteiger partial charge in [0.05, 0.1) is 20.8 Å². The van der Waals surface area contributed by atoms with Gasteiger partial charge in [-0.3, -0.25) is 4.68 Å². The maximum Gasteiger partial charge on any atom is 0.0851 e. The van der Waals surface area contributed by atoms with Crippen molar-refractivity contribution in [2.75, 3.05) is 5.75 Å². The number of nitrogens with one attached hydrogen (secondary N) is 1. The van der Waals surface area contributed by atoms with E-state index in [0.29, 0.717) is 10.6 Å². The van der Waals surface area contributed by atoms with E-state index in [1.165, 1.54) is 6.20 Å². The lowest BCUT2D eigenvalue weighted by Crippen LogP contribution is -2.09. The highest BCUT2D eigenvalue weighted by atomic mass is 32.2. The summed E-state index contributed by atoms with van der Waals surface area (Å²) in [5, 5.41) is 3.91. The molecule has 1 rings (SSSR count). The Morgan fingerprint density at radius 1 is 1.69 bits per heavy atom. The number of rotatable bonds is 3. The molecule has 5 heteroatoms. The summed E-state index contributed by atoms with van der Waals surface area (Å²) in [4.78, 5) is 0.531. The molecule has 0 aliphatic heterocycles. The van der Waals surface area contributed by atoms with Gasteiger partial charge in [-0.1, -0.05) is 13.8 Å². The summed E-state index contributed by atoms with van der Waals surface area (Å²) in [5.74, 6) is 0.670. The van der Waals surface area contributed by atoms with Gasteiger partial charge in [0.15, 0.2) is 0 Å². The second-order valence-electron chi connectivity index (χ2n) is 3.59.